The highest BCUT2D eigenvalue weighted by Gasteiger charge is 2.10. The van der Waals surface area contributed by atoms with Crippen LogP contribution in [0.3, 0.4) is 0 Å². The third kappa shape index (κ3) is 3.14. The number of hydrogen-bond donors (Lipinski definition) is 1. The van der Waals surface area contributed by atoms with Crippen LogP contribution in [-0.2, 0) is 6.61 Å². The van der Waals surface area contributed by atoms with Crippen LogP contribution in [0.25, 0.3) is 0 Å². The van der Waals surface area contributed by atoms with Crippen LogP contribution in [0.4, 0.5) is 8.78 Å². The molecular formula is C16H16F2O2. The molecule has 0 amide bonds. The molecule has 0 unspecified atom stereocenters. The van der Waals surface area contributed by atoms with Crippen molar-refractivity contribution in [2.24, 2.45) is 0 Å². The lowest BCUT2D eigenvalue weighted by Crippen LogP contribution is -2.03. The average Bonchev–Trinajstić information content (AvgIpc) is 2.39. The highest BCUT2D eigenvalue weighted by atomic mass is 19.1. The Kier molecular flexibility index (Phi) is 4.35. The van der Waals surface area contributed by atoms with E-state index in [2.05, 4.69) is 0 Å². The number of aliphatic hydroxyl groups is 1. The van der Waals surface area contributed by atoms with Gasteiger partial charge in [0.2, 0.25) is 0 Å². The topological polar surface area (TPSA) is 29.5 Å². The Morgan fingerprint density at radius 2 is 1.80 bits per heavy atom. The normalized spacial score (nSPS) is 12.2. The molecule has 1 N–H and O–H groups in total. The van der Waals surface area contributed by atoms with Crippen LogP contribution < -0.4 is 4.74 Å². The molecule has 2 nitrogen and oxygen atoms in total. The maximum absolute atomic E-state index is 13.5. The van der Waals surface area contributed by atoms with Gasteiger partial charge in [0.25, 0.3) is 0 Å². The highest BCUT2D eigenvalue weighted by molar-refractivity contribution is 5.37. The van der Waals surface area contributed by atoms with Crippen molar-refractivity contribution in [3.8, 4) is 5.75 Å². The lowest BCUT2D eigenvalue weighted by molar-refractivity contribution is 0.199. The van der Waals surface area contributed by atoms with Crippen molar-refractivity contribution >= 4 is 0 Å². The fraction of sp³-hybridized carbons (Fsp3) is 0.250. The molecule has 0 aliphatic heterocycles. The predicted molar refractivity (Wildman–Crippen MR) is 72.5 cm³/mol. The molecular weight excluding hydrogens is 262 g/mol. The van der Waals surface area contributed by atoms with Crippen molar-refractivity contribution in [3.63, 3.8) is 0 Å². The van der Waals surface area contributed by atoms with Crippen LogP contribution in [0.1, 0.15) is 29.7 Å². The molecule has 0 saturated heterocycles. The monoisotopic (exact) mass is 278 g/mol. The predicted octanol–water partition coefficient (Wildman–Crippen LogP) is 3.91. The number of aryl methyl sites for hydroxylation is 1. The zero-order valence-electron chi connectivity index (χ0n) is 11.4. The first-order valence-electron chi connectivity index (χ1n) is 6.33. The summed E-state index contributed by atoms with van der Waals surface area (Å²) in [6, 6.07) is 8.92. The molecule has 2 aromatic carbocycles. The molecule has 0 fully saturated rings. The van der Waals surface area contributed by atoms with Crippen molar-refractivity contribution in [2.75, 3.05) is 0 Å². The summed E-state index contributed by atoms with van der Waals surface area (Å²) >= 11 is 0. The van der Waals surface area contributed by atoms with E-state index < -0.39 is 17.7 Å². The zero-order valence-corrected chi connectivity index (χ0v) is 11.4. The molecule has 0 spiro atoms. The molecule has 0 heterocycles. The van der Waals surface area contributed by atoms with Crippen LogP contribution in [0.5, 0.6) is 5.75 Å². The van der Waals surface area contributed by atoms with Gasteiger partial charge in [-0.15, -0.1) is 0 Å². The van der Waals surface area contributed by atoms with Gasteiger partial charge >= 0.3 is 0 Å². The molecule has 0 radical (unpaired) electrons. The Morgan fingerprint density at radius 3 is 2.35 bits per heavy atom. The van der Waals surface area contributed by atoms with Crippen molar-refractivity contribution in [1.29, 1.82) is 0 Å². The van der Waals surface area contributed by atoms with E-state index in [4.69, 9.17) is 4.74 Å². The van der Waals surface area contributed by atoms with Crippen LogP contribution in [-0.4, -0.2) is 5.11 Å². The van der Waals surface area contributed by atoms with Gasteiger partial charge in [-0.3, -0.25) is 0 Å². The smallest absolute Gasteiger partial charge is 0.132 e. The van der Waals surface area contributed by atoms with E-state index in [9.17, 15) is 13.9 Å². The van der Waals surface area contributed by atoms with E-state index in [0.717, 1.165) is 11.1 Å². The first-order valence-corrected chi connectivity index (χ1v) is 6.33. The summed E-state index contributed by atoms with van der Waals surface area (Å²) in [5, 5.41) is 9.48. The van der Waals surface area contributed by atoms with E-state index in [1.54, 1.807) is 25.1 Å². The summed E-state index contributed by atoms with van der Waals surface area (Å²) in [6.07, 6.45) is -0.563. The molecule has 20 heavy (non-hydrogen) atoms. The largest absolute Gasteiger partial charge is 0.488 e. The Bertz CT molecular complexity index is 589. The minimum atomic E-state index is -0.622. The molecule has 2 aromatic rings. The number of hydrogen-bond acceptors (Lipinski definition) is 2. The van der Waals surface area contributed by atoms with Gasteiger partial charge in [-0.2, -0.15) is 0 Å². The fourth-order valence-electron chi connectivity index (χ4n) is 1.91. The second kappa shape index (κ2) is 6.01. The van der Waals surface area contributed by atoms with Crippen molar-refractivity contribution in [1.82, 2.24) is 0 Å². The second-order valence-corrected chi connectivity index (χ2v) is 4.69. The number of halogens is 2. The minimum Gasteiger partial charge on any atom is -0.488 e. The molecule has 0 aliphatic carbocycles. The maximum Gasteiger partial charge on any atom is 0.132 e. The van der Waals surface area contributed by atoms with E-state index >= 15 is 0 Å². The van der Waals surface area contributed by atoms with Gasteiger partial charge in [0.1, 0.15) is 24.0 Å². The number of ether oxygens (including phenoxy) is 1. The van der Waals surface area contributed by atoms with Crippen LogP contribution in [0.2, 0.25) is 0 Å². The summed E-state index contributed by atoms with van der Waals surface area (Å²) in [4.78, 5) is 0. The zero-order chi connectivity index (χ0) is 14.7. The molecule has 0 saturated carbocycles. The summed E-state index contributed by atoms with van der Waals surface area (Å²) in [5.41, 5.74) is 1.48. The van der Waals surface area contributed by atoms with Crippen molar-refractivity contribution in [2.45, 2.75) is 26.6 Å². The molecule has 4 heteroatoms. The molecule has 2 rings (SSSR count). The number of aliphatic hydroxyl groups excluding tert-OH is 1. The number of benzene rings is 2. The van der Waals surface area contributed by atoms with Gasteiger partial charge in [0.05, 0.1) is 11.7 Å². The van der Waals surface area contributed by atoms with E-state index in [0.29, 0.717) is 5.75 Å². The van der Waals surface area contributed by atoms with Crippen LogP contribution in [0.15, 0.2) is 36.4 Å². The van der Waals surface area contributed by atoms with Gasteiger partial charge in [-0.25, -0.2) is 8.78 Å². The lowest BCUT2D eigenvalue weighted by atomic mass is 10.1. The van der Waals surface area contributed by atoms with Gasteiger partial charge in [-0.1, -0.05) is 12.1 Å². The summed E-state index contributed by atoms with van der Waals surface area (Å²) in [6.45, 7) is 3.32. The summed E-state index contributed by atoms with van der Waals surface area (Å²) in [5.74, 6) is -0.705. The van der Waals surface area contributed by atoms with Gasteiger partial charge < -0.3 is 9.84 Å². The van der Waals surface area contributed by atoms with Gasteiger partial charge in [0.15, 0.2) is 0 Å². The quantitative estimate of drug-likeness (QED) is 0.919. The Labute approximate surface area is 116 Å². The van der Waals surface area contributed by atoms with Crippen LogP contribution in [0, 0.1) is 18.6 Å². The number of rotatable bonds is 4. The minimum absolute atomic E-state index is 0.0912. The second-order valence-electron chi connectivity index (χ2n) is 4.69. The molecule has 0 aromatic heterocycles. The first-order chi connectivity index (χ1) is 9.49. The van der Waals surface area contributed by atoms with E-state index in [-0.39, 0.29) is 12.2 Å². The standard InChI is InChI=1S/C16H16F2O2/c1-10-8-12(11(2)19)6-7-16(10)20-9-13-14(17)4-3-5-15(13)18/h3-8,11,19H,9H2,1-2H3/t11-/m0/s1. The van der Waals surface area contributed by atoms with Gasteiger partial charge in [0, 0.05) is 0 Å². The Hall–Kier alpha value is -1.94. The van der Waals surface area contributed by atoms with E-state index in [1.165, 1.54) is 18.2 Å². The summed E-state index contributed by atoms with van der Waals surface area (Å²) < 4.78 is 32.4. The molecule has 0 aliphatic rings. The lowest BCUT2D eigenvalue weighted by Gasteiger charge is -2.12. The van der Waals surface area contributed by atoms with E-state index in [1.807, 2.05) is 6.92 Å². The summed E-state index contributed by atoms with van der Waals surface area (Å²) in [7, 11) is 0. The fourth-order valence-corrected chi connectivity index (χ4v) is 1.91. The van der Waals surface area contributed by atoms with Crippen LogP contribution >= 0.6 is 0 Å². The molecule has 0 bridgehead atoms. The van der Waals surface area contributed by atoms with Gasteiger partial charge in [-0.05, 0) is 49.2 Å². The highest BCUT2D eigenvalue weighted by Crippen LogP contribution is 2.24. The molecule has 1 atom stereocenters. The third-order valence-electron chi connectivity index (χ3n) is 3.12. The maximum atomic E-state index is 13.5. The van der Waals surface area contributed by atoms with Crippen molar-refractivity contribution < 1.29 is 18.6 Å². The Balaban J connectivity index is 2.15. The first kappa shape index (κ1) is 14.5. The van der Waals surface area contributed by atoms with Crippen molar-refractivity contribution in [3.05, 3.63) is 64.7 Å². The Morgan fingerprint density at radius 1 is 1.15 bits per heavy atom. The SMILES string of the molecule is Cc1cc([C@H](C)O)ccc1OCc1c(F)cccc1F. The average molecular weight is 278 g/mol. The third-order valence-corrected chi connectivity index (χ3v) is 3.12. The molecule has 106 valence electrons.